The van der Waals surface area contributed by atoms with Crippen molar-refractivity contribution in [1.29, 1.82) is 0 Å². The zero-order valence-corrected chi connectivity index (χ0v) is 20.1. The third kappa shape index (κ3) is 7.74. The molecule has 0 heterocycles. The van der Waals surface area contributed by atoms with Gasteiger partial charge in [0.05, 0.1) is 5.69 Å². The fraction of sp³-hybridized carbons (Fsp3) is 0.400. The van der Waals surface area contributed by atoms with Crippen LogP contribution >= 0.6 is 12.4 Å². The second-order valence-electron chi connectivity index (χ2n) is 8.38. The van der Waals surface area contributed by atoms with Crippen LogP contribution in [0.3, 0.4) is 0 Å². The molecule has 1 fully saturated rings. The van der Waals surface area contributed by atoms with Gasteiger partial charge in [-0.2, -0.15) is 0 Å². The predicted octanol–water partition coefficient (Wildman–Crippen LogP) is 2.83. The lowest BCUT2D eigenvalue weighted by Crippen LogP contribution is -2.47. The molecule has 0 spiro atoms. The molecule has 1 aliphatic rings. The third-order valence-corrected chi connectivity index (χ3v) is 6.08. The zero-order chi connectivity index (χ0) is 23.6. The second-order valence-corrected chi connectivity index (χ2v) is 8.38. The Kier molecular flexibility index (Phi) is 10.8. The van der Waals surface area contributed by atoms with Crippen molar-refractivity contribution in [3.8, 4) is 0 Å². The minimum absolute atomic E-state index is 0. The van der Waals surface area contributed by atoms with E-state index in [1.807, 2.05) is 30.3 Å². The number of halogens is 1. The van der Waals surface area contributed by atoms with Gasteiger partial charge >= 0.3 is 5.97 Å². The first-order valence-corrected chi connectivity index (χ1v) is 11.3. The summed E-state index contributed by atoms with van der Waals surface area (Å²) in [7, 11) is 1.56. The monoisotopic (exact) mass is 488 g/mol. The fourth-order valence-electron chi connectivity index (χ4n) is 4.01. The second kappa shape index (κ2) is 13.6. The molecule has 2 aromatic carbocycles. The maximum Gasteiger partial charge on any atom is 0.354 e. The number of rotatable bonds is 9. The lowest BCUT2D eigenvalue weighted by molar-refractivity contribution is -0.145. The summed E-state index contributed by atoms with van der Waals surface area (Å²) < 4.78 is 0. The van der Waals surface area contributed by atoms with E-state index in [-0.39, 0.29) is 30.1 Å². The number of nitrogens with one attached hydrogen (secondary N) is 3. The molecule has 0 bridgehead atoms. The van der Waals surface area contributed by atoms with Crippen molar-refractivity contribution < 1.29 is 19.2 Å². The molecule has 0 unspecified atom stereocenters. The topological polar surface area (TPSA) is 123 Å². The van der Waals surface area contributed by atoms with Gasteiger partial charge in [-0.25, -0.2) is 10.3 Å². The van der Waals surface area contributed by atoms with Crippen molar-refractivity contribution in [2.24, 2.45) is 17.6 Å². The summed E-state index contributed by atoms with van der Waals surface area (Å²) >= 11 is 0. The Bertz CT molecular complexity index is 932. The third-order valence-electron chi connectivity index (χ3n) is 6.08. The summed E-state index contributed by atoms with van der Waals surface area (Å²) in [5.41, 5.74) is 10.3. The standard InChI is InChI=1S/C25H32N4O4.ClH/c1-27-23(30)19-11-13-21(14-12-19)29-33-25(32)22(15-17-5-3-2-4-6-17)28-24(31)20-9-7-18(16-26)8-10-20;/h2-6,11-14,18,20,22,29H,7-10,15-16,26H2,1H3,(H,27,30)(H,28,31);1H/t18?,20?,22-;/m0./s1. The van der Waals surface area contributed by atoms with Gasteiger partial charge in [-0.15, -0.1) is 12.4 Å². The average Bonchev–Trinajstić information content (AvgIpc) is 2.87. The molecule has 0 aromatic heterocycles. The summed E-state index contributed by atoms with van der Waals surface area (Å²) in [4.78, 5) is 42.7. The highest BCUT2D eigenvalue weighted by atomic mass is 35.5. The first-order chi connectivity index (χ1) is 16.0. The van der Waals surface area contributed by atoms with Crippen LogP contribution in [-0.2, 0) is 20.8 Å². The quantitative estimate of drug-likeness (QED) is 0.402. The van der Waals surface area contributed by atoms with Gasteiger partial charge in [0.25, 0.3) is 5.91 Å². The summed E-state index contributed by atoms with van der Waals surface area (Å²) in [5, 5.41) is 5.45. The molecule has 3 rings (SSSR count). The van der Waals surface area contributed by atoms with E-state index >= 15 is 0 Å². The maximum atomic E-state index is 12.9. The molecule has 1 aliphatic carbocycles. The molecule has 5 N–H and O–H groups in total. The SMILES string of the molecule is CNC(=O)c1ccc(NOC(=O)[C@H](Cc2ccccc2)NC(=O)C2CCC(CN)CC2)cc1.Cl. The van der Waals surface area contributed by atoms with E-state index < -0.39 is 12.0 Å². The Morgan fingerprint density at radius 1 is 1.00 bits per heavy atom. The molecular weight excluding hydrogens is 456 g/mol. The molecular formula is C25H33ClN4O4. The molecule has 2 aromatic rings. The van der Waals surface area contributed by atoms with Crippen molar-refractivity contribution in [2.75, 3.05) is 19.1 Å². The van der Waals surface area contributed by atoms with Crippen LogP contribution in [0.4, 0.5) is 5.69 Å². The van der Waals surface area contributed by atoms with Crippen molar-refractivity contribution in [3.63, 3.8) is 0 Å². The minimum Gasteiger partial charge on any atom is -0.355 e. The number of carbonyl (C=O) groups excluding carboxylic acids is 3. The molecule has 0 radical (unpaired) electrons. The van der Waals surface area contributed by atoms with Gasteiger partial charge < -0.3 is 21.2 Å². The van der Waals surface area contributed by atoms with Crippen LogP contribution in [-0.4, -0.2) is 37.4 Å². The Labute approximate surface area is 206 Å². The van der Waals surface area contributed by atoms with E-state index in [9.17, 15) is 14.4 Å². The summed E-state index contributed by atoms with van der Waals surface area (Å²) in [6, 6.07) is 15.2. The fourth-order valence-corrected chi connectivity index (χ4v) is 4.01. The van der Waals surface area contributed by atoms with Crippen LogP contribution in [0.5, 0.6) is 0 Å². The molecule has 1 saturated carbocycles. The highest BCUT2D eigenvalue weighted by Crippen LogP contribution is 2.28. The highest BCUT2D eigenvalue weighted by Gasteiger charge is 2.30. The lowest BCUT2D eigenvalue weighted by atomic mass is 9.81. The Hall–Kier alpha value is -3.10. The van der Waals surface area contributed by atoms with E-state index in [2.05, 4.69) is 16.1 Å². The maximum absolute atomic E-state index is 12.9. The van der Waals surface area contributed by atoms with Crippen LogP contribution in [0.25, 0.3) is 0 Å². The Balaban J connectivity index is 0.00000408. The van der Waals surface area contributed by atoms with Crippen molar-refractivity contribution in [3.05, 3.63) is 65.7 Å². The molecule has 184 valence electrons. The van der Waals surface area contributed by atoms with Crippen molar-refractivity contribution in [1.82, 2.24) is 10.6 Å². The average molecular weight is 489 g/mol. The smallest absolute Gasteiger partial charge is 0.354 e. The van der Waals surface area contributed by atoms with Crippen molar-refractivity contribution in [2.45, 2.75) is 38.1 Å². The number of anilines is 1. The molecule has 1 atom stereocenters. The zero-order valence-electron chi connectivity index (χ0n) is 19.3. The number of hydrogen-bond acceptors (Lipinski definition) is 6. The van der Waals surface area contributed by atoms with Gasteiger partial charge in [0, 0.05) is 24.9 Å². The number of hydrogen-bond donors (Lipinski definition) is 4. The number of amides is 2. The van der Waals surface area contributed by atoms with E-state index in [0.29, 0.717) is 30.1 Å². The van der Waals surface area contributed by atoms with E-state index in [0.717, 1.165) is 31.2 Å². The van der Waals surface area contributed by atoms with Crippen LogP contribution in [0.1, 0.15) is 41.6 Å². The number of nitrogens with two attached hydrogens (primary N) is 1. The largest absolute Gasteiger partial charge is 0.355 e. The van der Waals surface area contributed by atoms with Gasteiger partial charge in [0.15, 0.2) is 0 Å². The molecule has 34 heavy (non-hydrogen) atoms. The molecule has 8 nitrogen and oxygen atoms in total. The number of carbonyl (C=O) groups is 3. The highest BCUT2D eigenvalue weighted by molar-refractivity contribution is 5.94. The van der Waals surface area contributed by atoms with Gasteiger partial charge in [-0.05, 0) is 68.0 Å². The summed E-state index contributed by atoms with van der Waals surface area (Å²) in [5.74, 6) is -0.566. The van der Waals surface area contributed by atoms with E-state index in [4.69, 9.17) is 10.6 Å². The van der Waals surface area contributed by atoms with Gasteiger partial charge in [0.1, 0.15) is 6.04 Å². The van der Waals surface area contributed by atoms with Crippen LogP contribution in [0.15, 0.2) is 54.6 Å². The van der Waals surface area contributed by atoms with E-state index in [1.54, 1.807) is 31.3 Å². The van der Waals surface area contributed by atoms with Crippen LogP contribution < -0.4 is 21.8 Å². The van der Waals surface area contributed by atoms with Crippen LogP contribution in [0.2, 0.25) is 0 Å². The molecule has 2 amide bonds. The normalized spacial score (nSPS) is 18.1. The van der Waals surface area contributed by atoms with E-state index in [1.165, 1.54) is 0 Å². The summed E-state index contributed by atoms with van der Waals surface area (Å²) in [6.07, 6.45) is 3.72. The molecule has 9 heteroatoms. The predicted molar refractivity (Wildman–Crippen MR) is 133 cm³/mol. The summed E-state index contributed by atoms with van der Waals surface area (Å²) in [6.45, 7) is 0.646. The molecule has 0 saturated heterocycles. The van der Waals surface area contributed by atoms with Crippen LogP contribution in [0, 0.1) is 11.8 Å². The lowest BCUT2D eigenvalue weighted by Gasteiger charge is -2.28. The Morgan fingerprint density at radius 3 is 2.24 bits per heavy atom. The van der Waals surface area contributed by atoms with Gasteiger partial charge in [0.2, 0.25) is 5.91 Å². The minimum atomic E-state index is -0.829. The van der Waals surface area contributed by atoms with Gasteiger partial charge in [-0.1, -0.05) is 30.3 Å². The Morgan fingerprint density at radius 2 is 1.65 bits per heavy atom. The van der Waals surface area contributed by atoms with Crippen molar-refractivity contribution >= 4 is 35.9 Å². The van der Waals surface area contributed by atoms with Gasteiger partial charge in [-0.3, -0.25) is 9.59 Å². The first-order valence-electron chi connectivity index (χ1n) is 11.3. The first kappa shape index (κ1) is 27.1. The molecule has 0 aliphatic heterocycles. The number of benzene rings is 2.